The van der Waals surface area contributed by atoms with Gasteiger partial charge in [0.15, 0.2) is 6.04 Å². The van der Waals surface area contributed by atoms with Crippen LogP contribution in [0.15, 0.2) is 30.3 Å². The standard InChI is InChI=1S/C15H17NO4/c1-15(2)9-11(17)16(14(15)19)12(13(18)20-3)10-7-5-4-6-8-10/h4-8,12H,9H2,1-3H3/t12-/m1/s1. The second-order valence-electron chi connectivity index (χ2n) is 5.47. The van der Waals surface area contributed by atoms with E-state index in [1.54, 1.807) is 44.2 Å². The maximum absolute atomic E-state index is 12.4. The van der Waals surface area contributed by atoms with Crippen molar-refractivity contribution in [2.75, 3.05) is 7.11 Å². The van der Waals surface area contributed by atoms with Crippen LogP contribution in [0.2, 0.25) is 0 Å². The van der Waals surface area contributed by atoms with Gasteiger partial charge in [0.05, 0.1) is 12.5 Å². The average molecular weight is 275 g/mol. The number of ether oxygens (including phenoxy) is 1. The molecule has 106 valence electrons. The number of esters is 1. The molecule has 5 heteroatoms. The van der Waals surface area contributed by atoms with Gasteiger partial charge in [0.2, 0.25) is 11.8 Å². The largest absolute Gasteiger partial charge is 0.467 e. The molecule has 5 nitrogen and oxygen atoms in total. The molecule has 0 saturated carbocycles. The normalized spacial score (nSPS) is 19.1. The van der Waals surface area contributed by atoms with Crippen LogP contribution in [0.4, 0.5) is 0 Å². The van der Waals surface area contributed by atoms with Crippen LogP contribution in [-0.4, -0.2) is 29.8 Å². The highest BCUT2D eigenvalue weighted by atomic mass is 16.5. The number of hydrogen-bond acceptors (Lipinski definition) is 4. The second kappa shape index (κ2) is 5.07. The number of likely N-dealkylation sites (tertiary alicyclic amines) is 1. The van der Waals surface area contributed by atoms with E-state index in [1.807, 2.05) is 0 Å². The van der Waals surface area contributed by atoms with Crippen molar-refractivity contribution in [2.24, 2.45) is 5.41 Å². The van der Waals surface area contributed by atoms with Crippen LogP contribution in [0, 0.1) is 5.41 Å². The maximum atomic E-state index is 12.4. The molecule has 1 fully saturated rings. The van der Waals surface area contributed by atoms with Crippen molar-refractivity contribution in [1.82, 2.24) is 4.90 Å². The molecule has 0 spiro atoms. The number of carbonyl (C=O) groups is 3. The Balaban J connectivity index is 2.46. The zero-order valence-corrected chi connectivity index (χ0v) is 11.8. The molecule has 2 rings (SSSR count). The van der Waals surface area contributed by atoms with Gasteiger partial charge in [-0.1, -0.05) is 44.2 Å². The fourth-order valence-electron chi connectivity index (χ4n) is 2.38. The Labute approximate surface area is 117 Å². The first-order valence-corrected chi connectivity index (χ1v) is 6.38. The SMILES string of the molecule is COC(=O)[C@@H](c1ccccc1)N1C(=O)CC(C)(C)C1=O. The number of benzene rings is 1. The first-order chi connectivity index (χ1) is 9.38. The molecule has 1 heterocycles. The van der Waals surface area contributed by atoms with Gasteiger partial charge in [0, 0.05) is 6.42 Å². The van der Waals surface area contributed by atoms with Crippen LogP contribution in [-0.2, 0) is 19.1 Å². The van der Waals surface area contributed by atoms with Gasteiger partial charge in [-0.15, -0.1) is 0 Å². The van der Waals surface area contributed by atoms with Gasteiger partial charge in [-0.05, 0) is 5.56 Å². The summed E-state index contributed by atoms with van der Waals surface area (Å²) in [6, 6.07) is 7.70. The summed E-state index contributed by atoms with van der Waals surface area (Å²) in [5.41, 5.74) is -0.211. The zero-order valence-electron chi connectivity index (χ0n) is 11.8. The van der Waals surface area contributed by atoms with Crippen molar-refractivity contribution in [2.45, 2.75) is 26.3 Å². The van der Waals surface area contributed by atoms with E-state index >= 15 is 0 Å². The van der Waals surface area contributed by atoms with Gasteiger partial charge in [0.1, 0.15) is 0 Å². The third-order valence-electron chi connectivity index (χ3n) is 3.46. The summed E-state index contributed by atoms with van der Waals surface area (Å²) in [5, 5.41) is 0. The van der Waals surface area contributed by atoms with Gasteiger partial charge in [-0.3, -0.25) is 14.5 Å². The number of hydrogen-bond donors (Lipinski definition) is 0. The van der Waals surface area contributed by atoms with Crippen molar-refractivity contribution in [3.63, 3.8) is 0 Å². The fourth-order valence-corrected chi connectivity index (χ4v) is 2.38. The molecule has 1 aromatic carbocycles. The molecule has 20 heavy (non-hydrogen) atoms. The lowest BCUT2D eigenvalue weighted by atomic mass is 9.92. The molecule has 1 aliphatic rings. The summed E-state index contributed by atoms with van der Waals surface area (Å²) < 4.78 is 4.76. The van der Waals surface area contributed by atoms with Crippen LogP contribution >= 0.6 is 0 Å². The van der Waals surface area contributed by atoms with Crippen molar-refractivity contribution in [3.05, 3.63) is 35.9 Å². The van der Waals surface area contributed by atoms with E-state index < -0.39 is 17.4 Å². The van der Waals surface area contributed by atoms with Gasteiger partial charge in [-0.25, -0.2) is 4.79 Å². The highest BCUT2D eigenvalue weighted by Crippen LogP contribution is 2.37. The van der Waals surface area contributed by atoms with Gasteiger partial charge < -0.3 is 4.74 Å². The van der Waals surface area contributed by atoms with Crippen LogP contribution in [0.3, 0.4) is 0 Å². The van der Waals surface area contributed by atoms with Crippen LogP contribution in [0.5, 0.6) is 0 Å². The molecule has 0 N–H and O–H groups in total. The maximum Gasteiger partial charge on any atom is 0.333 e. The smallest absolute Gasteiger partial charge is 0.333 e. The summed E-state index contributed by atoms with van der Waals surface area (Å²) >= 11 is 0. The fraction of sp³-hybridized carbons (Fsp3) is 0.400. The summed E-state index contributed by atoms with van der Waals surface area (Å²) in [4.78, 5) is 37.6. The third kappa shape index (κ3) is 2.31. The van der Waals surface area contributed by atoms with E-state index in [4.69, 9.17) is 4.74 Å². The van der Waals surface area contributed by atoms with Crippen molar-refractivity contribution < 1.29 is 19.1 Å². The molecule has 0 radical (unpaired) electrons. The molecule has 1 aliphatic heterocycles. The number of amides is 2. The van der Waals surface area contributed by atoms with Crippen LogP contribution in [0.25, 0.3) is 0 Å². The minimum Gasteiger partial charge on any atom is -0.467 e. The Hall–Kier alpha value is -2.17. The summed E-state index contributed by atoms with van der Waals surface area (Å²) in [7, 11) is 1.24. The highest BCUT2D eigenvalue weighted by molar-refractivity contribution is 6.08. The minimum absolute atomic E-state index is 0.103. The summed E-state index contributed by atoms with van der Waals surface area (Å²) in [6.07, 6.45) is 0.103. The molecule has 0 bridgehead atoms. The van der Waals surface area contributed by atoms with E-state index in [-0.39, 0.29) is 18.2 Å². The van der Waals surface area contributed by atoms with Crippen LogP contribution < -0.4 is 0 Å². The monoisotopic (exact) mass is 275 g/mol. The lowest BCUT2D eigenvalue weighted by Crippen LogP contribution is -2.40. The van der Waals surface area contributed by atoms with Crippen molar-refractivity contribution >= 4 is 17.8 Å². The molecular formula is C15H17NO4. The third-order valence-corrected chi connectivity index (χ3v) is 3.46. The first-order valence-electron chi connectivity index (χ1n) is 6.38. The molecular weight excluding hydrogens is 258 g/mol. The van der Waals surface area contributed by atoms with Gasteiger partial charge in [0.25, 0.3) is 0 Å². The number of carbonyl (C=O) groups excluding carboxylic acids is 3. The summed E-state index contributed by atoms with van der Waals surface area (Å²) in [5.74, 6) is -1.31. The Morgan fingerprint density at radius 2 is 1.85 bits per heavy atom. The second-order valence-corrected chi connectivity index (χ2v) is 5.47. The van der Waals surface area contributed by atoms with E-state index in [1.165, 1.54) is 7.11 Å². The lowest BCUT2D eigenvalue weighted by molar-refractivity contribution is -0.157. The molecule has 1 atom stereocenters. The molecule has 1 saturated heterocycles. The van der Waals surface area contributed by atoms with Crippen LogP contribution in [0.1, 0.15) is 31.9 Å². The van der Waals surface area contributed by atoms with E-state index in [2.05, 4.69) is 0 Å². The first kappa shape index (κ1) is 14.2. The van der Waals surface area contributed by atoms with E-state index in [0.717, 1.165) is 4.90 Å². The highest BCUT2D eigenvalue weighted by Gasteiger charge is 2.50. The zero-order chi connectivity index (χ0) is 14.9. The number of imide groups is 1. The molecule has 2 amide bonds. The number of methoxy groups -OCH3 is 1. The average Bonchev–Trinajstić information content (AvgIpc) is 2.62. The molecule has 0 aliphatic carbocycles. The minimum atomic E-state index is -1.01. The summed E-state index contributed by atoms with van der Waals surface area (Å²) in [6.45, 7) is 3.40. The quantitative estimate of drug-likeness (QED) is 0.622. The number of nitrogens with zero attached hydrogens (tertiary/aromatic N) is 1. The Kier molecular flexibility index (Phi) is 3.61. The van der Waals surface area contributed by atoms with Crippen molar-refractivity contribution in [3.8, 4) is 0 Å². The molecule has 0 aromatic heterocycles. The molecule has 1 aromatic rings. The Morgan fingerprint density at radius 3 is 2.30 bits per heavy atom. The van der Waals surface area contributed by atoms with Crippen molar-refractivity contribution in [1.29, 1.82) is 0 Å². The predicted octanol–water partition coefficient (Wildman–Crippen LogP) is 1.69. The topological polar surface area (TPSA) is 63.7 Å². The lowest BCUT2D eigenvalue weighted by Gasteiger charge is -2.25. The number of rotatable bonds is 3. The van der Waals surface area contributed by atoms with E-state index in [0.29, 0.717) is 5.56 Å². The predicted molar refractivity (Wildman–Crippen MR) is 71.5 cm³/mol. The van der Waals surface area contributed by atoms with E-state index in [9.17, 15) is 14.4 Å². The Bertz CT molecular complexity index is 550. The van der Waals surface area contributed by atoms with Gasteiger partial charge >= 0.3 is 5.97 Å². The van der Waals surface area contributed by atoms with Gasteiger partial charge in [-0.2, -0.15) is 0 Å². The Morgan fingerprint density at radius 1 is 1.25 bits per heavy atom. The molecule has 0 unspecified atom stereocenters.